The van der Waals surface area contributed by atoms with Crippen molar-refractivity contribution >= 4 is 34.6 Å². The molecule has 0 heterocycles. The Morgan fingerprint density at radius 2 is 1.85 bits per heavy atom. The first kappa shape index (κ1) is 14.3. The number of nitriles is 1. The maximum Gasteiger partial charge on any atom is 0.171 e. The van der Waals surface area contributed by atoms with Crippen LogP contribution in [0.5, 0.6) is 0 Å². The van der Waals surface area contributed by atoms with Crippen molar-refractivity contribution in [1.82, 2.24) is 5.32 Å². The van der Waals surface area contributed by atoms with Crippen molar-refractivity contribution in [2.75, 3.05) is 5.32 Å². The number of benzene rings is 2. The molecule has 0 aliphatic carbocycles. The minimum atomic E-state index is 0.475. The average molecular weight is 302 g/mol. The van der Waals surface area contributed by atoms with Crippen molar-refractivity contribution < 1.29 is 0 Å². The lowest BCUT2D eigenvalue weighted by molar-refractivity contribution is 0.926. The highest BCUT2D eigenvalue weighted by Gasteiger charge is 2.02. The molecule has 0 amide bonds. The topological polar surface area (TPSA) is 47.9 Å². The maximum atomic E-state index is 9.00. The molecule has 0 fully saturated rings. The molecule has 2 aromatic rings. The number of hydrogen-bond acceptors (Lipinski definition) is 2. The fraction of sp³-hybridized carbons (Fsp3) is 0.0667. The second-order valence-corrected chi connectivity index (χ2v) is 4.94. The Bertz CT molecular complexity index is 647. The molecule has 20 heavy (non-hydrogen) atoms. The number of thiocarbonyl (C=S) groups is 1. The Hall–Kier alpha value is -2.09. The number of anilines is 1. The summed E-state index contributed by atoms with van der Waals surface area (Å²) in [6, 6.07) is 16.9. The Labute approximate surface area is 128 Å². The zero-order valence-electron chi connectivity index (χ0n) is 10.6. The minimum Gasteiger partial charge on any atom is -0.358 e. The zero-order chi connectivity index (χ0) is 14.4. The SMILES string of the molecule is N#Cc1ccccc1NC(=S)NCc1ccc(Cl)cc1. The largest absolute Gasteiger partial charge is 0.358 e. The predicted molar refractivity (Wildman–Crippen MR) is 85.7 cm³/mol. The number of para-hydroxylation sites is 1. The fourth-order valence-corrected chi connectivity index (χ4v) is 1.95. The molecule has 2 N–H and O–H groups in total. The number of rotatable bonds is 3. The predicted octanol–water partition coefficient (Wildman–Crippen LogP) is 3.70. The van der Waals surface area contributed by atoms with Gasteiger partial charge in [0.1, 0.15) is 6.07 Å². The van der Waals surface area contributed by atoms with Crippen LogP contribution in [0.3, 0.4) is 0 Å². The first-order valence-electron chi connectivity index (χ1n) is 5.97. The highest BCUT2D eigenvalue weighted by molar-refractivity contribution is 7.80. The van der Waals surface area contributed by atoms with E-state index in [4.69, 9.17) is 29.1 Å². The van der Waals surface area contributed by atoms with E-state index in [9.17, 15) is 0 Å². The van der Waals surface area contributed by atoms with Gasteiger partial charge in [-0.1, -0.05) is 35.9 Å². The van der Waals surface area contributed by atoms with E-state index in [1.807, 2.05) is 42.5 Å². The Kier molecular flexibility index (Phi) is 4.94. The molecule has 0 bridgehead atoms. The second-order valence-electron chi connectivity index (χ2n) is 4.09. The van der Waals surface area contributed by atoms with E-state index in [0.717, 1.165) is 5.56 Å². The van der Waals surface area contributed by atoms with Gasteiger partial charge in [0, 0.05) is 11.6 Å². The first-order chi connectivity index (χ1) is 9.69. The summed E-state index contributed by atoms with van der Waals surface area (Å²) >= 11 is 11.0. The van der Waals surface area contributed by atoms with Crippen LogP contribution in [0.25, 0.3) is 0 Å². The van der Waals surface area contributed by atoms with Crippen LogP contribution in [-0.2, 0) is 6.54 Å². The van der Waals surface area contributed by atoms with Crippen molar-refractivity contribution in [3.05, 3.63) is 64.7 Å². The summed E-state index contributed by atoms with van der Waals surface area (Å²) in [6.45, 7) is 0.595. The molecule has 2 aromatic carbocycles. The summed E-state index contributed by atoms with van der Waals surface area (Å²) in [6.07, 6.45) is 0. The van der Waals surface area contributed by atoms with Crippen LogP contribution in [0.1, 0.15) is 11.1 Å². The first-order valence-corrected chi connectivity index (χ1v) is 6.76. The molecule has 0 aliphatic heterocycles. The fourth-order valence-electron chi connectivity index (χ4n) is 1.64. The highest BCUT2D eigenvalue weighted by atomic mass is 35.5. The van der Waals surface area contributed by atoms with Gasteiger partial charge in [0.25, 0.3) is 0 Å². The van der Waals surface area contributed by atoms with Crippen molar-refractivity contribution in [3.63, 3.8) is 0 Å². The molecular formula is C15H12ClN3S. The minimum absolute atomic E-state index is 0.475. The number of nitrogens with zero attached hydrogens (tertiary/aromatic N) is 1. The van der Waals surface area contributed by atoms with Crippen molar-refractivity contribution in [1.29, 1.82) is 5.26 Å². The van der Waals surface area contributed by atoms with Crippen molar-refractivity contribution in [3.8, 4) is 6.07 Å². The lowest BCUT2D eigenvalue weighted by atomic mass is 10.2. The third-order valence-electron chi connectivity index (χ3n) is 2.66. The lowest BCUT2D eigenvalue weighted by Crippen LogP contribution is -2.28. The standard InChI is InChI=1S/C15H12ClN3S/c16-13-7-5-11(6-8-13)10-18-15(20)19-14-4-2-1-3-12(14)9-17/h1-8H,10H2,(H2,18,19,20). The van der Waals surface area contributed by atoms with Crippen LogP contribution in [-0.4, -0.2) is 5.11 Å². The van der Waals surface area contributed by atoms with Gasteiger partial charge in [-0.05, 0) is 42.0 Å². The Balaban J connectivity index is 1.93. The molecule has 0 unspecified atom stereocenters. The van der Waals surface area contributed by atoms with E-state index in [1.54, 1.807) is 6.07 Å². The lowest BCUT2D eigenvalue weighted by Gasteiger charge is -2.11. The number of nitrogens with one attached hydrogen (secondary N) is 2. The van der Waals surface area contributed by atoms with Crippen LogP contribution < -0.4 is 10.6 Å². The molecule has 0 saturated heterocycles. The normalized spacial score (nSPS) is 9.60. The smallest absolute Gasteiger partial charge is 0.171 e. The summed E-state index contributed by atoms with van der Waals surface area (Å²) in [4.78, 5) is 0. The second kappa shape index (κ2) is 6.90. The summed E-state index contributed by atoms with van der Waals surface area (Å²) in [7, 11) is 0. The third-order valence-corrected chi connectivity index (χ3v) is 3.16. The van der Waals surface area contributed by atoms with Crippen LogP contribution in [0.15, 0.2) is 48.5 Å². The highest BCUT2D eigenvalue weighted by Crippen LogP contribution is 2.13. The van der Waals surface area contributed by atoms with Crippen molar-refractivity contribution in [2.24, 2.45) is 0 Å². The Morgan fingerprint density at radius 1 is 1.15 bits per heavy atom. The number of hydrogen-bond donors (Lipinski definition) is 2. The molecular weight excluding hydrogens is 290 g/mol. The third kappa shape index (κ3) is 3.95. The summed E-state index contributed by atoms with van der Waals surface area (Å²) in [5.74, 6) is 0. The summed E-state index contributed by atoms with van der Waals surface area (Å²) in [5, 5.41) is 16.3. The van der Waals surface area contributed by atoms with E-state index in [2.05, 4.69) is 16.7 Å². The molecule has 0 saturated carbocycles. The molecule has 0 aromatic heterocycles. The number of halogens is 1. The van der Waals surface area contributed by atoms with Gasteiger partial charge in [-0.15, -0.1) is 0 Å². The molecule has 100 valence electrons. The van der Waals surface area contributed by atoms with Gasteiger partial charge in [-0.3, -0.25) is 0 Å². The van der Waals surface area contributed by atoms with Crippen LogP contribution >= 0.6 is 23.8 Å². The Morgan fingerprint density at radius 3 is 2.55 bits per heavy atom. The average Bonchev–Trinajstić information content (AvgIpc) is 2.47. The van der Waals surface area contributed by atoms with Crippen LogP contribution in [0.2, 0.25) is 5.02 Å². The summed E-state index contributed by atoms with van der Waals surface area (Å²) < 4.78 is 0. The van der Waals surface area contributed by atoms with E-state index >= 15 is 0 Å². The van der Waals surface area contributed by atoms with Crippen molar-refractivity contribution in [2.45, 2.75) is 6.54 Å². The molecule has 2 rings (SSSR count). The van der Waals surface area contributed by atoms with E-state index in [1.165, 1.54) is 0 Å². The van der Waals surface area contributed by atoms with Crippen LogP contribution in [0.4, 0.5) is 5.69 Å². The van der Waals surface area contributed by atoms with Crippen LogP contribution in [0, 0.1) is 11.3 Å². The van der Waals surface area contributed by atoms with Gasteiger partial charge < -0.3 is 10.6 Å². The van der Waals surface area contributed by atoms with Gasteiger partial charge in [-0.2, -0.15) is 5.26 Å². The molecule has 3 nitrogen and oxygen atoms in total. The van der Waals surface area contributed by atoms with E-state index in [-0.39, 0.29) is 0 Å². The van der Waals surface area contributed by atoms with Gasteiger partial charge in [0.2, 0.25) is 0 Å². The molecule has 0 radical (unpaired) electrons. The van der Waals surface area contributed by atoms with Gasteiger partial charge in [0.05, 0.1) is 11.3 Å². The van der Waals surface area contributed by atoms with E-state index in [0.29, 0.717) is 27.9 Å². The quantitative estimate of drug-likeness (QED) is 0.849. The van der Waals surface area contributed by atoms with E-state index < -0.39 is 0 Å². The molecule has 0 spiro atoms. The molecule has 0 aliphatic rings. The summed E-state index contributed by atoms with van der Waals surface area (Å²) in [5.41, 5.74) is 2.33. The zero-order valence-corrected chi connectivity index (χ0v) is 12.1. The molecule has 5 heteroatoms. The maximum absolute atomic E-state index is 9.00. The van der Waals surface area contributed by atoms with Gasteiger partial charge in [0.15, 0.2) is 5.11 Å². The molecule has 0 atom stereocenters. The monoisotopic (exact) mass is 301 g/mol. The van der Waals surface area contributed by atoms with Gasteiger partial charge in [-0.25, -0.2) is 0 Å². The van der Waals surface area contributed by atoms with Gasteiger partial charge >= 0.3 is 0 Å².